The van der Waals surface area contributed by atoms with Crippen LogP contribution in [0.4, 0.5) is 4.39 Å². The highest BCUT2D eigenvalue weighted by Gasteiger charge is 2.18. The van der Waals surface area contributed by atoms with E-state index in [0.717, 1.165) is 22.4 Å². The summed E-state index contributed by atoms with van der Waals surface area (Å²) >= 11 is 3.18. The van der Waals surface area contributed by atoms with E-state index in [1.807, 2.05) is 32.2 Å². The van der Waals surface area contributed by atoms with Crippen LogP contribution in [0.25, 0.3) is 0 Å². The molecule has 2 aromatic rings. The zero-order chi connectivity index (χ0) is 14.7. The maximum atomic E-state index is 13.7. The topological polar surface area (TPSA) is 21.3 Å². The zero-order valence-corrected chi connectivity index (χ0v) is 13.3. The lowest BCUT2D eigenvalue weighted by Crippen LogP contribution is -2.18. The van der Waals surface area contributed by atoms with Crippen LogP contribution < -0.4 is 10.1 Å². The number of nitrogens with one attached hydrogen (secondary N) is 1. The highest BCUT2D eigenvalue weighted by molar-refractivity contribution is 9.10. The van der Waals surface area contributed by atoms with E-state index in [0.29, 0.717) is 4.47 Å². The zero-order valence-electron chi connectivity index (χ0n) is 11.7. The molecule has 0 amide bonds. The number of methoxy groups -OCH3 is 1. The lowest BCUT2D eigenvalue weighted by molar-refractivity contribution is 0.405. The van der Waals surface area contributed by atoms with Crippen LogP contribution in [0.15, 0.2) is 40.9 Å². The van der Waals surface area contributed by atoms with Crippen molar-refractivity contribution >= 4 is 15.9 Å². The second-order valence-electron chi connectivity index (χ2n) is 4.64. The third-order valence-electron chi connectivity index (χ3n) is 3.26. The summed E-state index contributed by atoms with van der Waals surface area (Å²) in [5.41, 5.74) is 2.99. The average Bonchev–Trinajstić information content (AvgIpc) is 2.44. The Hall–Kier alpha value is -1.39. The molecule has 0 aliphatic rings. The Bertz CT molecular complexity index is 615. The van der Waals surface area contributed by atoms with Gasteiger partial charge in [-0.3, -0.25) is 0 Å². The first-order chi connectivity index (χ1) is 9.56. The van der Waals surface area contributed by atoms with Crippen LogP contribution in [0.1, 0.15) is 22.7 Å². The van der Waals surface area contributed by atoms with Crippen molar-refractivity contribution in [1.82, 2.24) is 5.32 Å². The molecule has 1 N–H and O–H groups in total. The molecule has 0 spiro atoms. The quantitative estimate of drug-likeness (QED) is 0.902. The molecule has 0 fully saturated rings. The number of halogens is 2. The van der Waals surface area contributed by atoms with Gasteiger partial charge >= 0.3 is 0 Å². The van der Waals surface area contributed by atoms with Crippen LogP contribution in [0.2, 0.25) is 0 Å². The second kappa shape index (κ2) is 6.37. The van der Waals surface area contributed by atoms with Crippen LogP contribution in [0.5, 0.6) is 5.75 Å². The van der Waals surface area contributed by atoms with Crippen LogP contribution in [-0.2, 0) is 0 Å². The van der Waals surface area contributed by atoms with Gasteiger partial charge in [-0.15, -0.1) is 0 Å². The van der Waals surface area contributed by atoms with E-state index in [1.54, 1.807) is 13.2 Å². The molecule has 2 aromatic carbocycles. The van der Waals surface area contributed by atoms with Crippen molar-refractivity contribution in [3.8, 4) is 5.75 Å². The first kappa shape index (κ1) is 15.0. The molecule has 1 unspecified atom stereocenters. The maximum Gasteiger partial charge on any atom is 0.137 e. The third-order valence-corrected chi connectivity index (χ3v) is 3.90. The molecule has 0 radical (unpaired) electrons. The van der Waals surface area contributed by atoms with Gasteiger partial charge < -0.3 is 10.1 Å². The molecule has 0 aliphatic heterocycles. The average molecular weight is 338 g/mol. The molecule has 0 saturated heterocycles. The first-order valence-electron chi connectivity index (χ1n) is 6.33. The smallest absolute Gasteiger partial charge is 0.137 e. The van der Waals surface area contributed by atoms with Crippen LogP contribution in [0.3, 0.4) is 0 Å². The van der Waals surface area contributed by atoms with E-state index < -0.39 is 0 Å². The monoisotopic (exact) mass is 337 g/mol. The number of rotatable bonds is 4. The van der Waals surface area contributed by atoms with Crippen LogP contribution in [-0.4, -0.2) is 14.2 Å². The Morgan fingerprint density at radius 3 is 2.55 bits per heavy atom. The Labute approximate surface area is 127 Å². The second-order valence-corrected chi connectivity index (χ2v) is 5.49. The van der Waals surface area contributed by atoms with Gasteiger partial charge in [0.2, 0.25) is 0 Å². The SMILES string of the molecule is CNC(c1ccc(Br)c(F)c1)c1cc(C)ccc1OC. The third kappa shape index (κ3) is 3.02. The molecule has 2 rings (SSSR count). The number of hydrogen-bond donors (Lipinski definition) is 1. The van der Waals surface area contributed by atoms with Gasteiger partial charge in [-0.25, -0.2) is 4.39 Å². The molecule has 0 aliphatic carbocycles. The van der Waals surface area contributed by atoms with Gasteiger partial charge in [0, 0.05) is 5.56 Å². The molecular formula is C16H17BrFNO. The van der Waals surface area contributed by atoms with Crippen molar-refractivity contribution in [2.24, 2.45) is 0 Å². The predicted octanol–water partition coefficient (Wildman–Crippen LogP) is 4.21. The molecule has 0 heterocycles. The Morgan fingerprint density at radius 1 is 1.20 bits per heavy atom. The Balaban J connectivity index is 2.51. The number of ether oxygens (including phenoxy) is 1. The van der Waals surface area contributed by atoms with E-state index in [9.17, 15) is 4.39 Å². The summed E-state index contributed by atoms with van der Waals surface area (Å²) < 4.78 is 19.6. The first-order valence-corrected chi connectivity index (χ1v) is 7.13. The standard InChI is InChI=1S/C16H17BrFNO/c1-10-4-7-15(20-3)12(8-10)16(19-2)11-5-6-13(17)14(18)9-11/h4-9,16,19H,1-3H3. The molecule has 20 heavy (non-hydrogen) atoms. The molecule has 1 atom stereocenters. The summed E-state index contributed by atoms with van der Waals surface area (Å²) in [6.45, 7) is 2.03. The van der Waals surface area contributed by atoms with E-state index in [2.05, 4.69) is 27.3 Å². The lowest BCUT2D eigenvalue weighted by Gasteiger charge is -2.20. The van der Waals surface area contributed by atoms with Gasteiger partial charge in [-0.1, -0.05) is 23.8 Å². The van der Waals surface area contributed by atoms with Crippen molar-refractivity contribution in [1.29, 1.82) is 0 Å². The van der Waals surface area contributed by atoms with Crippen LogP contribution >= 0.6 is 15.9 Å². The van der Waals surface area contributed by atoms with E-state index >= 15 is 0 Å². The predicted molar refractivity (Wildman–Crippen MR) is 82.7 cm³/mol. The summed E-state index contributed by atoms with van der Waals surface area (Å²) in [5, 5.41) is 3.22. The summed E-state index contributed by atoms with van der Waals surface area (Å²) in [7, 11) is 3.50. The highest BCUT2D eigenvalue weighted by atomic mass is 79.9. The van der Waals surface area contributed by atoms with Gasteiger partial charge in [0.05, 0.1) is 17.6 Å². The fourth-order valence-corrected chi connectivity index (χ4v) is 2.52. The minimum Gasteiger partial charge on any atom is -0.496 e. The van der Waals surface area contributed by atoms with Gasteiger partial charge in [-0.05, 0) is 53.7 Å². The van der Waals surface area contributed by atoms with E-state index in [4.69, 9.17) is 4.74 Å². The minimum atomic E-state index is -0.269. The Kier molecular flexibility index (Phi) is 4.78. The molecule has 4 heteroatoms. The molecule has 2 nitrogen and oxygen atoms in total. The maximum absolute atomic E-state index is 13.7. The summed E-state index contributed by atoms with van der Waals surface area (Å²) in [6, 6.07) is 11.0. The fourth-order valence-electron chi connectivity index (χ4n) is 2.27. The summed E-state index contributed by atoms with van der Waals surface area (Å²) in [6.07, 6.45) is 0. The fraction of sp³-hybridized carbons (Fsp3) is 0.250. The summed E-state index contributed by atoms with van der Waals surface area (Å²) in [4.78, 5) is 0. The molecule has 0 aromatic heterocycles. The van der Waals surface area contributed by atoms with Gasteiger partial charge in [0.25, 0.3) is 0 Å². The number of aryl methyl sites for hydroxylation is 1. The lowest BCUT2D eigenvalue weighted by atomic mass is 9.96. The van der Waals surface area contributed by atoms with Crippen molar-refractivity contribution in [2.75, 3.05) is 14.2 Å². The minimum absolute atomic E-state index is 0.118. The molecular weight excluding hydrogens is 321 g/mol. The largest absolute Gasteiger partial charge is 0.496 e. The van der Waals surface area contributed by atoms with Crippen molar-refractivity contribution in [2.45, 2.75) is 13.0 Å². The van der Waals surface area contributed by atoms with Gasteiger partial charge in [0.1, 0.15) is 11.6 Å². The van der Waals surface area contributed by atoms with Gasteiger partial charge in [0.15, 0.2) is 0 Å². The van der Waals surface area contributed by atoms with Crippen molar-refractivity contribution in [3.05, 3.63) is 63.4 Å². The molecule has 0 bridgehead atoms. The van der Waals surface area contributed by atoms with E-state index in [-0.39, 0.29) is 11.9 Å². The van der Waals surface area contributed by atoms with E-state index in [1.165, 1.54) is 6.07 Å². The van der Waals surface area contributed by atoms with Crippen molar-refractivity contribution in [3.63, 3.8) is 0 Å². The van der Waals surface area contributed by atoms with Crippen LogP contribution in [0, 0.1) is 12.7 Å². The number of hydrogen-bond acceptors (Lipinski definition) is 2. The van der Waals surface area contributed by atoms with Crippen molar-refractivity contribution < 1.29 is 9.13 Å². The number of benzene rings is 2. The normalized spacial score (nSPS) is 12.2. The summed E-state index contributed by atoms with van der Waals surface area (Å²) in [5.74, 6) is 0.521. The highest BCUT2D eigenvalue weighted by Crippen LogP contribution is 2.32. The van der Waals surface area contributed by atoms with Gasteiger partial charge in [-0.2, -0.15) is 0 Å². The molecule has 0 saturated carbocycles. The Morgan fingerprint density at radius 2 is 1.95 bits per heavy atom. The molecule has 106 valence electrons.